The van der Waals surface area contributed by atoms with Crippen molar-refractivity contribution in [3.8, 4) is 0 Å². The quantitative estimate of drug-likeness (QED) is 0.419. The summed E-state index contributed by atoms with van der Waals surface area (Å²) in [6.07, 6.45) is 0.269. The lowest BCUT2D eigenvalue weighted by Crippen LogP contribution is -2.52. The van der Waals surface area contributed by atoms with Gasteiger partial charge in [0.1, 0.15) is 6.04 Å². The number of nitrogens with one attached hydrogen (secondary N) is 4. The number of carbonyl (C=O) groups is 4. The summed E-state index contributed by atoms with van der Waals surface area (Å²) in [6, 6.07) is 8.55. The molecule has 166 valence electrons. The van der Waals surface area contributed by atoms with Gasteiger partial charge in [0.25, 0.3) is 0 Å². The molecular weight excluding hydrogens is 384 g/mol. The van der Waals surface area contributed by atoms with Crippen molar-refractivity contribution >= 4 is 23.5 Å². The predicted molar refractivity (Wildman–Crippen MR) is 116 cm³/mol. The third kappa shape index (κ3) is 10.2. The summed E-state index contributed by atoms with van der Waals surface area (Å²) in [5, 5.41) is 10.7. The van der Waals surface area contributed by atoms with Crippen LogP contribution >= 0.6 is 0 Å². The van der Waals surface area contributed by atoms with Gasteiger partial charge in [-0.1, -0.05) is 65.0 Å². The van der Waals surface area contributed by atoms with Crippen molar-refractivity contribution in [2.24, 2.45) is 5.41 Å². The summed E-state index contributed by atoms with van der Waals surface area (Å²) in [7, 11) is 0. The predicted octanol–water partition coefficient (Wildman–Crippen LogP) is 0.560. The maximum atomic E-state index is 12.7. The van der Waals surface area contributed by atoms with Gasteiger partial charge in [-0.3, -0.25) is 19.2 Å². The van der Waals surface area contributed by atoms with E-state index in [1.54, 1.807) is 20.8 Å². The lowest BCUT2D eigenvalue weighted by molar-refractivity contribution is -0.131. The van der Waals surface area contributed by atoms with E-state index in [1.807, 2.05) is 44.2 Å². The SMILES string of the molecule is CC(C)NCC(=O)NCC(=O)N[C@@H](Cc1ccccc1)C(=O)NCC(=O)C(C)(C)C. The molecule has 8 nitrogen and oxygen atoms in total. The number of ketones is 1. The van der Waals surface area contributed by atoms with Crippen LogP contribution in [0.25, 0.3) is 0 Å². The first-order valence-electron chi connectivity index (χ1n) is 10.1. The van der Waals surface area contributed by atoms with E-state index in [1.165, 1.54) is 0 Å². The molecule has 0 spiro atoms. The van der Waals surface area contributed by atoms with Crippen molar-refractivity contribution in [2.75, 3.05) is 19.6 Å². The van der Waals surface area contributed by atoms with Crippen molar-refractivity contribution in [2.45, 2.75) is 53.1 Å². The molecule has 0 aliphatic heterocycles. The van der Waals surface area contributed by atoms with Gasteiger partial charge in [-0.25, -0.2) is 0 Å². The average molecular weight is 419 g/mol. The van der Waals surface area contributed by atoms with Crippen molar-refractivity contribution in [1.29, 1.82) is 0 Å². The van der Waals surface area contributed by atoms with Crippen LogP contribution in [-0.2, 0) is 25.6 Å². The number of hydrogen-bond acceptors (Lipinski definition) is 5. The van der Waals surface area contributed by atoms with Gasteiger partial charge in [-0.15, -0.1) is 0 Å². The van der Waals surface area contributed by atoms with Crippen LogP contribution in [0.1, 0.15) is 40.2 Å². The molecule has 1 rings (SSSR count). The smallest absolute Gasteiger partial charge is 0.243 e. The molecule has 1 aromatic rings. The van der Waals surface area contributed by atoms with Gasteiger partial charge in [0.2, 0.25) is 17.7 Å². The Morgan fingerprint density at radius 3 is 2.07 bits per heavy atom. The Kier molecular flexibility index (Phi) is 10.2. The second-order valence-corrected chi connectivity index (χ2v) is 8.51. The zero-order chi connectivity index (χ0) is 22.7. The number of carbonyl (C=O) groups excluding carboxylic acids is 4. The normalized spacial score (nSPS) is 12.2. The Labute approximate surface area is 178 Å². The largest absolute Gasteiger partial charge is 0.347 e. The minimum Gasteiger partial charge on any atom is -0.347 e. The number of amides is 3. The fourth-order valence-electron chi connectivity index (χ4n) is 2.40. The Hall–Kier alpha value is -2.74. The molecule has 8 heteroatoms. The van der Waals surface area contributed by atoms with Gasteiger partial charge in [0.15, 0.2) is 5.78 Å². The molecule has 0 fully saturated rings. The topological polar surface area (TPSA) is 116 Å². The van der Waals surface area contributed by atoms with Crippen molar-refractivity contribution in [3.63, 3.8) is 0 Å². The monoisotopic (exact) mass is 418 g/mol. The van der Waals surface area contributed by atoms with Crippen LogP contribution in [0.3, 0.4) is 0 Å². The Balaban J connectivity index is 2.69. The summed E-state index contributed by atoms with van der Waals surface area (Å²) in [5.74, 6) is -1.34. The summed E-state index contributed by atoms with van der Waals surface area (Å²) < 4.78 is 0. The second-order valence-electron chi connectivity index (χ2n) is 8.51. The first-order chi connectivity index (χ1) is 14.0. The summed E-state index contributed by atoms with van der Waals surface area (Å²) in [6.45, 7) is 8.92. The Morgan fingerprint density at radius 2 is 1.50 bits per heavy atom. The van der Waals surface area contributed by atoms with E-state index < -0.39 is 23.3 Å². The molecule has 0 heterocycles. The van der Waals surface area contributed by atoms with E-state index in [0.717, 1.165) is 5.56 Å². The van der Waals surface area contributed by atoms with Crippen LogP contribution in [0.2, 0.25) is 0 Å². The van der Waals surface area contributed by atoms with Gasteiger partial charge >= 0.3 is 0 Å². The molecule has 30 heavy (non-hydrogen) atoms. The minimum atomic E-state index is -0.863. The lowest BCUT2D eigenvalue weighted by Gasteiger charge is -2.21. The molecule has 0 unspecified atom stereocenters. The third-order valence-electron chi connectivity index (χ3n) is 4.31. The summed E-state index contributed by atoms with van der Waals surface area (Å²) in [4.78, 5) is 48.8. The molecular formula is C22H34N4O4. The highest BCUT2D eigenvalue weighted by molar-refractivity contribution is 5.93. The molecule has 3 amide bonds. The Bertz CT molecular complexity index is 726. The first kappa shape index (κ1) is 25.3. The van der Waals surface area contributed by atoms with Crippen LogP contribution in [0, 0.1) is 5.41 Å². The van der Waals surface area contributed by atoms with E-state index in [4.69, 9.17) is 0 Å². The molecule has 0 aliphatic rings. The molecule has 1 aromatic carbocycles. The molecule has 0 saturated carbocycles. The average Bonchev–Trinajstić information content (AvgIpc) is 2.68. The van der Waals surface area contributed by atoms with E-state index in [-0.39, 0.29) is 43.8 Å². The second kappa shape index (κ2) is 12.1. The van der Waals surface area contributed by atoms with Crippen LogP contribution in [-0.4, -0.2) is 55.2 Å². The van der Waals surface area contributed by atoms with E-state index in [9.17, 15) is 19.2 Å². The van der Waals surface area contributed by atoms with E-state index >= 15 is 0 Å². The van der Waals surface area contributed by atoms with Crippen molar-refractivity contribution in [3.05, 3.63) is 35.9 Å². The van der Waals surface area contributed by atoms with Crippen LogP contribution in [0.4, 0.5) is 0 Å². The summed E-state index contributed by atoms with van der Waals surface area (Å²) in [5.41, 5.74) is 0.296. The Morgan fingerprint density at radius 1 is 0.867 bits per heavy atom. The van der Waals surface area contributed by atoms with Crippen LogP contribution < -0.4 is 21.3 Å². The number of rotatable bonds is 11. The summed E-state index contributed by atoms with van der Waals surface area (Å²) >= 11 is 0. The molecule has 0 bridgehead atoms. The first-order valence-corrected chi connectivity index (χ1v) is 10.1. The zero-order valence-corrected chi connectivity index (χ0v) is 18.5. The van der Waals surface area contributed by atoms with Crippen LogP contribution in [0.5, 0.6) is 0 Å². The van der Waals surface area contributed by atoms with Crippen molar-refractivity contribution in [1.82, 2.24) is 21.3 Å². The third-order valence-corrected chi connectivity index (χ3v) is 4.31. The molecule has 4 N–H and O–H groups in total. The number of hydrogen-bond donors (Lipinski definition) is 4. The fourth-order valence-corrected chi connectivity index (χ4v) is 2.40. The highest BCUT2D eigenvalue weighted by Gasteiger charge is 2.25. The molecule has 0 aromatic heterocycles. The molecule has 0 aliphatic carbocycles. The highest BCUT2D eigenvalue weighted by atomic mass is 16.2. The van der Waals surface area contributed by atoms with Gasteiger partial charge in [0.05, 0.1) is 19.6 Å². The maximum absolute atomic E-state index is 12.7. The molecule has 0 radical (unpaired) electrons. The number of Topliss-reactive ketones (excluding diaryl/α,β-unsaturated/α-hetero) is 1. The van der Waals surface area contributed by atoms with Crippen LogP contribution in [0.15, 0.2) is 30.3 Å². The van der Waals surface area contributed by atoms with E-state index in [0.29, 0.717) is 0 Å². The highest BCUT2D eigenvalue weighted by Crippen LogP contribution is 2.13. The van der Waals surface area contributed by atoms with Gasteiger partial charge in [0, 0.05) is 17.9 Å². The molecule has 1 atom stereocenters. The standard InChI is InChI=1S/C22H34N4O4/c1-15(2)23-13-19(28)24-14-20(29)26-17(11-16-9-7-6-8-10-16)21(30)25-12-18(27)22(3,4)5/h6-10,15,17,23H,11-14H2,1-5H3,(H,24,28)(H,25,30)(H,26,29)/t17-/m0/s1. The van der Waals surface area contributed by atoms with Gasteiger partial charge in [-0.2, -0.15) is 0 Å². The van der Waals surface area contributed by atoms with Gasteiger partial charge in [-0.05, 0) is 5.56 Å². The number of benzene rings is 1. The van der Waals surface area contributed by atoms with Gasteiger partial charge < -0.3 is 21.3 Å². The van der Waals surface area contributed by atoms with E-state index in [2.05, 4.69) is 21.3 Å². The fraction of sp³-hybridized carbons (Fsp3) is 0.545. The maximum Gasteiger partial charge on any atom is 0.243 e. The molecule has 0 saturated heterocycles. The zero-order valence-electron chi connectivity index (χ0n) is 18.5. The lowest BCUT2D eigenvalue weighted by atomic mass is 9.91. The minimum absolute atomic E-state index is 0.105. The van der Waals surface area contributed by atoms with Crippen molar-refractivity contribution < 1.29 is 19.2 Å².